The maximum absolute atomic E-state index is 14.1. The third-order valence-corrected chi connectivity index (χ3v) is 9.13. The minimum atomic E-state index is -0.990. The number of carbonyl (C=O) groups is 2. The van der Waals surface area contributed by atoms with E-state index in [9.17, 15) is 9.59 Å². The third-order valence-electron chi connectivity index (χ3n) is 6.90. The fourth-order valence-electron chi connectivity index (χ4n) is 4.56. The summed E-state index contributed by atoms with van der Waals surface area (Å²) in [6.07, 6.45) is -0.271. The molecule has 206 valence electrons. The maximum atomic E-state index is 14.1. The monoisotopic (exact) mass is 586 g/mol. The Bertz CT molecular complexity index is 1320. The van der Waals surface area contributed by atoms with Gasteiger partial charge in [0.2, 0.25) is 0 Å². The van der Waals surface area contributed by atoms with E-state index in [-0.39, 0.29) is 11.9 Å². The molecule has 1 aliphatic rings. The number of rotatable bonds is 9. The minimum absolute atomic E-state index is 0.000445. The third kappa shape index (κ3) is 6.90. The van der Waals surface area contributed by atoms with Crippen molar-refractivity contribution in [1.29, 1.82) is 0 Å². The number of hydrogen-bond donors (Lipinski definition) is 0. The summed E-state index contributed by atoms with van der Waals surface area (Å²) in [6, 6.07) is 21.0. The number of ether oxygens (including phenoxy) is 2. The highest BCUT2D eigenvalue weighted by Crippen LogP contribution is 2.47. The normalized spacial score (nSPS) is 17.9. The molecule has 0 unspecified atom stereocenters. The molecule has 4 rings (SSSR count). The topological polar surface area (TPSA) is 59.1 Å². The fraction of sp³-hybridized carbons (Fsp3) is 0.333. The van der Waals surface area contributed by atoms with Crippen molar-refractivity contribution in [3.63, 3.8) is 0 Å². The van der Waals surface area contributed by atoms with Crippen molar-refractivity contribution in [2.75, 3.05) is 32.1 Å². The van der Waals surface area contributed by atoms with E-state index in [1.54, 1.807) is 18.1 Å². The molecule has 0 saturated carbocycles. The van der Waals surface area contributed by atoms with E-state index in [4.69, 9.17) is 32.7 Å². The molecular weight excluding hydrogens is 555 g/mol. The van der Waals surface area contributed by atoms with Gasteiger partial charge in [0, 0.05) is 31.0 Å². The maximum Gasteiger partial charge on any atom is 0.303 e. The second-order valence-electron chi connectivity index (χ2n) is 9.55. The summed E-state index contributed by atoms with van der Waals surface area (Å²) < 4.78 is 11.0. The van der Waals surface area contributed by atoms with Gasteiger partial charge in [-0.25, -0.2) is 0 Å². The zero-order chi connectivity index (χ0) is 28.1. The quantitative estimate of drug-likeness (QED) is 0.261. The number of methoxy groups -OCH3 is 1. The molecule has 3 aromatic carbocycles. The van der Waals surface area contributed by atoms with Gasteiger partial charge in [-0.15, -0.1) is 11.8 Å². The molecule has 0 fully saturated rings. The number of halogens is 2. The minimum Gasteiger partial charge on any atom is -0.497 e. The highest BCUT2D eigenvalue weighted by molar-refractivity contribution is 7.99. The van der Waals surface area contributed by atoms with Crippen LogP contribution in [0.1, 0.15) is 30.2 Å². The van der Waals surface area contributed by atoms with Crippen molar-refractivity contribution < 1.29 is 19.1 Å². The highest BCUT2D eigenvalue weighted by atomic mass is 35.5. The first-order valence-corrected chi connectivity index (χ1v) is 14.3. The molecule has 0 bridgehead atoms. The van der Waals surface area contributed by atoms with Crippen LogP contribution >= 0.6 is 35.0 Å². The number of hydrogen-bond acceptors (Lipinski definition) is 6. The fourth-order valence-corrected chi connectivity index (χ4v) is 6.29. The van der Waals surface area contributed by atoms with Crippen molar-refractivity contribution in [2.45, 2.75) is 42.6 Å². The molecule has 6 nitrogen and oxygen atoms in total. The van der Waals surface area contributed by atoms with Crippen LogP contribution in [0.4, 0.5) is 5.69 Å². The molecule has 9 heteroatoms. The Balaban J connectivity index is 1.60. The Morgan fingerprint density at radius 3 is 2.49 bits per heavy atom. The number of nitrogens with zero attached hydrogens (tertiary/aromatic N) is 2. The van der Waals surface area contributed by atoms with Crippen LogP contribution in [-0.4, -0.2) is 56.2 Å². The summed E-state index contributed by atoms with van der Waals surface area (Å²) in [5.41, 5.74) is 2.66. The molecule has 3 atom stereocenters. The van der Waals surface area contributed by atoms with E-state index in [1.807, 2.05) is 67.7 Å². The Kier molecular flexibility index (Phi) is 9.83. The number of amides is 1. The van der Waals surface area contributed by atoms with Gasteiger partial charge in [0.1, 0.15) is 5.75 Å². The average molecular weight is 588 g/mol. The first-order chi connectivity index (χ1) is 18.7. The van der Waals surface area contributed by atoms with Gasteiger partial charge >= 0.3 is 5.97 Å². The summed E-state index contributed by atoms with van der Waals surface area (Å²) in [4.78, 5) is 31.2. The van der Waals surface area contributed by atoms with Gasteiger partial charge in [0.05, 0.1) is 28.1 Å². The molecule has 3 aromatic rings. The van der Waals surface area contributed by atoms with Gasteiger partial charge in [-0.3, -0.25) is 9.59 Å². The van der Waals surface area contributed by atoms with Crippen LogP contribution in [0.2, 0.25) is 10.0 Å². The Morgan fingerprint density at radius 2 is 1.79 bits per heavy atom. The van der Waals surface area contributed by atoms with Crippen molar-refractivity contribution in [3.05, 3.63) is 87.9 Å². The van der Waals surface area contributed by atoms with Crippen molar-refractivity contribution >= 4 is 52.5 Å². The molecule has 39 heavy (non-hydrogen) atoms. The standard InChI is InChI=1S/C30H32Cl2N2O4S/c1-19(33(3)17-16-21-8-7-9-24(31)27(21)32)18-34-25-10-5-6-11-26(25)39-29(28(30(34)36)38-20(2)35)22-12-14-23(37-4)15-13-22/h5-15,19,28-29H,16-18H2,1-4H3/t19-,28-,29+/m0/s1. The van der Waals surface area contributed by atoms with E-state index in [0.717, 1.165) is 34.7 Å². The van der Waals surface area contributed by atoms with Gasteiger partial charge < -0.3 is 19.3 Å². The predicted octanol–water partition coefficient (Wildman–Crippen LogP) is 6.68. The molecule has 0 radical (unpaired) electrons. The zero-order valence-electron chi connectivity index (χ0n) is 22.4. The van der Waals surface area contributed by atoms with Crippen LogP contribution in [0.15, 0.2) is 71.6 Å². The first-order valence-electron chi connectivity index (χ1n) is 12.7. The number of anilines is 1. The first kappa shape index (κ1) is 29.3. The SMILES string of the molecule is COc1ccc([C@H]2Sc3ccccc3N(C[C@H](C)N(C)CCc3cccc(Cl)c3Cl)C(=O)[C@H]2OC(C)=O)cc1. The molecule has 0 aliphatic carbocycles. The second-order valence-corrected chi connectivity index (χ2v) is 11.5. The summed E-state index contributed by atoms with van der Waals surface area (Å²) >= 11 is 14.1. The number of fused-ring (bicyclic) bond motifs is 1. The van der Waals surface area contributed by atoms with Crippen LogP contribution in [0, 0.1) is 0 Å². The molecule has 0 spiro atoms. The van der Waals surface area contributed by atoms with Crippen LogP contribution < -0.4 is 9.64 Å². The summed E-state index contributed by atoms with van der Waals surface area (Å²) in [5.74, 6) is -0.0331. The van der Waals surface area contributed by atoms with Gasteiger partial charge in [-0.1, -0.05) is 59.6 Å². The zero-order valence-corrected chi connectivity index (χ0v) is 24.7. The summed E-state index contributed by atoms with van der Waals surface area (Å²) in [5, 5.41) is 0.691. The number of esters is 1. The molecule has 0 aromatic heterocycles. The number of benzene rings is 3. The Labute approximate surface area is 244 Å². The second kappa shape index (κ2) is 13.1. The van der Waals surface area contributed by atoms with Crippen LogP contribution in [0.25, 0.3) is 0 Å². The van der Waals surface area contributed by atoms with Crippen molar-refractivity contribution in [2.24, 2.45) is 0 Å². The highest BCUT2D eigenvalue weighted by Gasteiger charge is 2.41. The number of thioether (sulfide) groups is 1. The smallest absolute Gasteiger partial charge is 0.303 e. The Hall–Kier alpha value is -2.71. The molecule has 0 saturated heterocycles. The van der Waals surface area contributed by atoms with Crippen molar-refractivity contribution in [1.82, 2.24) is 4.90 Å². The van der Waals surface area contributed by atoms with Gasteiger partial charge in [0.25, 0.3) is 5.91 Å². The van der Waals surface area contributed by atoms with Gasteiger partial charge in [-0.05, 0) is 61.9 Å². The average Bonchev–Trinajstić information content (AvgIpc) is 3.04. The van der Waals surface area contributed by atoms with E-state index in [2.05, 4.69) is 11.8 Å². The van der Waals surface area contributed by atoms with Gasteiger partial charge in [0.15, 0.2) is 6.10 Å². The van der Waals surface area contributed by atoms with Crippen LogP contribution in [0.3, 0.4) is 0 Å². The lowest BCUT2D eigenvalue weighted by molar-refractivity contribution is -0.152. The largest absolute Gasteiger partial charge is 0.497 e. The van der Waals surface area contributed by atoms with Gasteiger partial charge in [-0.2, -0.15) is 0 Å². The number of likely N-dealkylation sites (N-methyl/N-ethyl adjacent to an activating group) is 1. The summed E-state index contributed by atoms with van der Waals surface area (Å²) in [6.45, 7) is 4.56. The lowest BCUT2D eigenvalue weighted by atomic mass is 10.0. The van der Waals surface area contributed by atoms with E-state index < -0.39 is 17.3 Å². The molecule has 1 amide bonds. The molecule has 0 N–H and O–H groups in total. The number of carbonyl (C=O) groups excluding carboxylic acids is 2. The van der Waals surface area contributed by atoms with E-state index >= 15 is 0 Å². The van der Waals surface area contributed by atoms with Crippen molar-refractivity contribution in [3.8, 4) is 5.75 Å². The lowest BCUT2D eigenvalue weighted by Crippen LogP contribution is -2.48. The number of para-hydroxylation sites is 1. The molecule has 1 aliphatic heterocycles. The van der Waals surface area contributed by atoms with E-state index in [0.29, 0.717) is 22.3 Å². The van der Waals surface area contributed by atoms with Crippen LogP contribution in [-0.2, 0) is 20.7 Å². The summed E-state index contributed by atoms with van der Waals surface area (Å²) in [7, 11) is 3.63. The molecular formula is C30H32Cl2N2O4S. The predicted molar refractivity (Wildman–Crippen MR) is 158 cm³/mol. The van der Waals surface area contributed by atoms with E-state index in [1.165, 1.54) is 18.7 Å². The Morgan fingerprint density at radius 1 is 1.08 bits per heavy atom. The van der Waals surface area contributed by atoms with Crippen LogP contribution in [0.5, 0.6) is 5.75 Å². The lowest BCUT2D eigenvalue weighted by Gasteiger charge is -2.33. The molecule has 1 heterocycles.